The smallest absolute Gasteiger partial charge is 0.295 e. The molecule has 1 aromatic carbocycles. The molecule has 110 valence electrons. The molecule has 0 saturated carbocycles. The van der Waals surface area contributed by atoms with Crippen molar-refractivity contribution in [2.75, 3.05) is 0 Å². The molecule has 2 aromatic rings. The molecule has 0 fully saturated rings. The molecule has 2 rings (SSSR count). The van der Waals surface area contributed by atoms with Crippen LogP contribution in [0.15, 0.2) is 36.5 Å². The molecule has 0 aliphatic carbocycles. The summed E-state index contributed by atoms with van der Waals surface area (Å²) in [6.07, 6.45) is -3.89. The first-order valence-corrected chi connectivity index (χ1v) is 6.35. The van der Waals surface area contributed by atoms with E-state index in [4.69, 9.17) is 0 Å². The highest BCUT2D eigenvalue weighted by atomic mass is 19.4. The summed E-state index contributed by atoms with van der Waals surface area (Å²) in [5.74, 6) is 0.225. The fraction of sp³-hybridized carbons (Fsp3) is 0.267. The quantitative estimate of drug-likeness (QED) is 0.805. The highest BCUT2D eigenvalue weighted by Gasteiger charge is 2.26. The number of alkyl halides is 3. The van der Waals surface area contributed by atoms with Crippen LogP contribution in [0.25, 0.3) is 11.4 Å². The minimum Gasteiger partial charge on any atom is -0.295 e. The third kappa shape index (κ3) is 4.37. The maximum Gasteiger partial charge on any atom is 0.389 e. The first-order valence-electron chi connectivity index (χ1n) is 6.35. The van der Waals surface area contributed by atoms with E-state index in [0.29, 0.717) is 22.6 Å². The highest BCUT2D eigenvalue weighted by Crippen LogP contribution is 2.22. The monoisotopic (exact) mass is 294 g/mol. The Labute approximate surface area is 119 Å². The van der Waals surface area contributed by atoms with Crippen molar-refractivity contribution in [3.63, 3.8) is 0 Å². The number of carbonyl (C=O) groups excluding carboxylic acids is 1. The van der Waals surface area contributed by atoms with Crippen LogP contribution >= 0.6 is 0 Å². The minimum atomic E-state index is -4.21. The van der Waals surface area contributed by atoms with Crippen molar-refractivity contribution in [3.05, 3.63) is 47.8 Å². The lowest BCUT2D eigenvalue weighted by atomic mass is 10.1. The van der Waals surface area contributed by atoms with Gasteiger partial charge < -0.3 is 0 Å². The van der Waals surface area contributed by atoms with E-state index in [-0.39, 0.29) is 12.2 Å². The van der Waals surface area contributed by atoms with Crippen molar-refractivity contribution in [3.8, 4) is 11.4 Å². The van der Waals surface area contributed by atoms with Gasteiger partial charge >= 0.3 is 6.18 Å². The van der Waals surface area contributed by atoms with Crippen LogP contribution in [0.2, 0.25) is 0 Å². The molecule has 0 spiro atoms. The van der Waals surface area contributed by atoms with Gasteiger partial charge in [-0.2, -0.15) is 13.2 Å². The molecule has 0 aliphatic rings. The number of hydrogen-bond acceptors (Lipinski definition) is 3. The average Bonchev–Trinajstić information content (AvgIpc) is 2.45. The summed E-state index contributed by atoms with van der Waals surface area (Å²) in [7, 11) is 0. The van der Waals surface area contributed by atoms with Crippen molar-refractivity contribution in [2.24, 2.45) is 0 Å². The molecule has 0 unspecified atom stereocenters. The summed E-state index contributed by atoms with van der Waals surface area (Å²) in [6.45, 7) is 1.44. The lowest BCUT2D eigenvalue weighted by Crippen LogP contribution is -2.09. The lowest BCUT2D eigenvalue weighted by Gasteiger charge is -2.07. The van der Waals surface area contributed by atoms with Crippen LogP contribution in [0.1, 0.15) is 29.4 Å². The second-order valence-electron chi connectivity index (χ2n) is 4.62. The van der Waals surface area contributed by atoms with Crippen LogP contribution in [0, 0.1) is 0 Å². The van der Waals surface area contributed by atoms with Crippen molar-refractivity contribution in [1.29, 1.82) is 0 Å². The molecule has 0 atom stereocenters. The zero-order valence-electron chi connectivity index (χ0n) is 11.3. The van der Waals surface area contributed by atoms with Crippen LogP contribution in [-0.4, -0.2) is 21.9 Å². The van der Waals surface area contributed by atoms with Crippen LogP contribution < -0.4 is 0 Å². The summed E-state index contributed by atoms with van der Waals surface area (Å²) >= 11 is 0. The molecule has 21 heavy (non-hydrogen) atoms. The molecule has 0 bridgehead atoms. The summed E-state index contributed by atoms with van der Waals surface area (Å²) in [5, 5.41) is 0. The van der Waals surface area contributed by atoms with Gasteiger partial charge in [0.25, 0.3) is 0 Å². The normalized spacial score (nSPS) is 11.4. The van der Waals surface area contributed by atoms with Crippen LogP contribution in [0.5, 0.6) is 0 Å². The number of benzene rings is 1. The average molecular weight is 294 g/mol. The largest absolute Gasteiger partial charge is 0.389 e. The molecule has 0 N–H and O–H groups in total. The second kappa shape index (κ2) is 6.03. The Hall–Kier alpha value is -2.24. The van der Waals surface area contributed by atoms with Crippen molar-refractivity contribution in [1.82, 2.24) is 9.97 Å². The maximum absolute atomic E-state index is 12.2. The van der Waals surface area contributed by atoms with Crippen molar-refractivity contribution < 1.29 is 18.0 Å². The van der Waals surface area contributed by atoms with Gasteiger partial charge in [0.1, 0.15) is 0 Å². The number of rotatable bonds is 4. The Balaban J connectivity index is 2.25. The molecule has 0 amide bonds. The van der Waals surface area contributed by atoms with Gasteiger partial charge in [-0.15, -0.1) is 0 Å². The molecule has 0 aliphatic heterocycles. The van der Waals surface area contributed by atoms with Crippen LogP contribution in [-0.2, 0) is 6.42 Å². The summed E-state index contributed by atoms with van der Waals surface area (Å²) in [4.78, 5) is 19.5. The maximum atomic E-state index is 12.2. The number of hydrogen-bond donors (Lipinski definition) is 0. The molecular formula is C15H13F3N2O. The zero-order chi connectivity index (χ0) is 15.5. The number of halogens is 3. The van der Waals surface area contributed by atoms with Gasteiger partial charge in [-0.3, -0.25) is 4.79 Å². The van der Waals surface area contributed by atoms with Crippen LogP contribution in [0.3, 0.4) is 0 Å². The standard InChI is InChI=1S/C15H13F3N2O/c1-10(21)11-3-2-4-12(9-11)14-19-8-6-13(20-14)5-7-15(16,17)18/h2-4,6,8-9H,5,7H2,1H3. The Morgan fingerprint density at radius 3 is 2.67 bits per heavy atom. The Morgan fingerprint density at radius 1 is 1.24 bits per heavy atom. The van der Waals surface area contributed by atoms with E-state index in [9.17, 15) is 18.0 Å². The molecule has 1 aromatic heterocycles. The molecule has 1 heterocycles. The summed E-state index contributed by atoms with van der Waals surface area (Å²) in [6, 6.07) is 8.17. The fourth-order valence-electron chi connectivity index (χ4n) is 1.82. The summed E-state index contributed by atoms with van der Waals surface area (Å²) in [5.41, 5.74) is 1.44. The SMILES string of the molecule is CC(=O)c1cccc(-c2nccc(CCC(F)(F)F)n2)c1. The minimum absolute atomic E-state index is 0.0925. The Bertz CT molecular complexity index is 653. The molecular weight excluding hydrogens is 281 g/mol. The predicted molar refractivity (Wildman–Crippen MR) is 71.8 cm³/mol. The van der Waals surface area contributed by atoms with E-state index in [0.717, 1.165) is 0 Å². The fourth-order valence-corrected chi connectivity index (χ4v) is 1.82. The Kier molecular flexibility index (Phi) is 4.35. The zero-order valence-corrected chi connectivity index (χ0v) is 11.3. The van der Waals surface area contributed by atoms with Gasteiger partial charge in [0.15, 0.2) is 11.6 Å². The number of aryl methyl sites for hydroxylation is 1. The third-order valence-electron chi connectivity index (χ3n) is 2.91. The van der Waals surface area contributed by atoms with E-state index in [2.05, 4.69) is 9.97 Å². The van der Waals surface area contributed by atoms with Gasteiger partial charge in [0.05, 0.1) is 0 Å². The van der Waals surface area contributed by atoms with E-state index < -0.39 is 12.6 Å². The highest BCUT2D eigenvalue weighted by molar-refractivity contribution is 5.95. The topological polar surface area (TPSA) is 42.9 Å². The number of Topliss-reactive ketones (excluding diaryl/α,β-unsaturated/α-hetero) is 1. The second-order valence-corrected chi connectivity index (χ2v) is 4.62. The van der Waals surface area contributed by atoms with Crippen molar-refractivity contribution >= 4 is 5.78 Å². The first-order chi connectivity index (χ1) is 9.85. The molecule has 6 heteroatoms. The number of aromatic nitrogens is 2. The number of nitrogens with zero attached hydrogens (tertiary/aromatic N) is 2. The van der Waals surface area contributed by atoms with Gasteiger partial charge in [-0.1, -0.05) is 18.2 Å². The van der Waals surface area contributed by atoms with E-state index in [1.54, 1.807) is 24.3 Å². The first kappa shape index (κ1) is 15.2. The van der Waals surface area contributed by atoms with Crippen molar-refractivity contribution in [2.45, 2.75) is 25.9 Å². The predicted octanol–water partition coefficient (Wildman–Crippen LogP) is 3.84. The van der Waals surface area contributed by atoms with E-state index in [1.165, 1.54) is 19.2 Å². The molecule has 0 radical (unpaired) electrons. The lowest BCUT2D eigenvalue weighted by molar-refractivity contribution is -0.134. The summed E-state index contributed by atoms with van der Waals surface area (Å²) < 4.78 is 36.7. The van der Waals surface area contributed by atoms with Crippen LogP contribution in [0.4, 0.5) is 13.2 Å². The van der Waals surface area contributed by atoms with E-state index >= 15 is 0 Å². The third-order valence-corrected chi connectivity index (χ3v) is 2.91. The Morgan fingerprint density at radius 2 is 2.00 bits per heavy atom. The van der Waals surface area contributed by atoms with E-state index in [1.807, 2.05) is 0 Å². The number of ketones is 1. The van der Waals surface area contributed by atoms with Gasteiger partial charge in [0, 0.05) is 29.4 Å². The van der Waals surface area contributed by atoms with Gasteiger partial charge in [-0.05, 0) is 25.5 Å². The van der Waals surface area contributed by atoms with Gasteiger partial charge in [0.2, 0.25) is 0 Å². The number of carbonyl (C=O) groups is 1. The van der Waals surface area contributed by atoms with Gasteiger partial charge in [-0.25, -0.2) is 9.97 Å². The molecule has 0 saturated heterocycles. The molecule has 3 nitrogen and oxygen atoms in total.